The first-order valence-electron chi connectivity index (χ1n) is 10.2. The Morgan fingerprint density at radius 2 is 1.59 bits per heavy atom. The average molecular weight is 494 g/mol. The number of carbonyl (C=O) groups is 1. The zero-order valence-electron chi connectivity index (χ0n) is 17.8. The van der Waals surface area contributed by atoms with Gasteiger partial charge in [0.15, 0.2) is 0 Å². The fourth-order valence-electron chi connectivity index (χ4n) is 3.29. The summed E-state index contributed by atoms with van der Waals surface area (Å²) in [4.78, 5) is 25.6. The van der Waals surface area contributed by atoms with Crippen LogP contribution in [-0.2, 0) is 16.6 Å². The molecule has 0 saturated heterocycles. The van der Waals surface area contributed by atoms with Gasteiger partial charge < -0.3 is 9.88 Å². The van der Waals surface area contributed by atoms with Crippen molar-refractivity contribution in [3.63, 3.8) is 0 Å². The van der Waals surface area contributed by atoms with Crippen LogP contribution in [0.3, 0.4) is 0 Å². The van der Waals surface area contributed by atoms with Crippen molar-refractivity contribution in [3.8, 4) is 0 Å². The summed E-state index contributed by atoms with van der Waals surface area (Å²) in [7, 11) is -3.91. The zero-order valence-corrected chi connectivity index (χ0v) is 19.4. The number of halogens is 1. The second kappa shape index (κ2) is 9.94. The molecule has 1 aromatic heterocycles. The number of rotatable bonds is 7. The minimum absolute atomic E-state index is 0.0465. The van der Waals surface area contributed by atoms with Crippen LogP contribution >= 0.6 is 11.6 Å². The first-order valence-corrected chi connectivity index (χ1v) is 12.1. The summed E-state index contributed by atoms with van der Waals surface area (Å²) in [6.45, 7) is 0.324. The van der Waals surface area contributed by atoms with Crippen molar-refractivity contribution in [2.45, 2.75) is 11.4 Å². The van der Waals surface area contributed by atoms with Gasteiger partial charge in [0.05, 0.1) is 11.4 Å². The number of amides is 1. The fourth-order valence-corrected chi connectivity index (χ4v) is 4.52. The van der Waals surface area contributed by atoms with E-state index in [1.807, 2.05) is 30.3 Å². The summed E-state index contributed by atoms with van der Waals surface area (Å²) >= 11 is 5.84. The van der Waals surface area contributed by atoms with Gasteiger partial charge in [-0.05, 0) is 60.2 Å². The molecule has 7 nitrogen and oxygen atoms in total. The lowest BCUT2D eigenvalue weighted by Crippen LogP contribution is -2.29. The number of aromatic nitrogens is 1. The summed E-state index contributed by atoms with van der Waals surface area (Å²) in [6, 6.07) is 24.5. The number of benzene rings is 3. The summed E-state index contributed by atoms with van der Waals surface area (Å²) in [5, 5.41) is 3.09. The second-order valence-corrected chi connectivity index (χ2v) is 9.55. The number of nitrogens with zero attached hydrogens (tertiary/aromatic N) is 1. The molecule has 4 rings (SSSR count). The largest absolute Gasteiger partial charge is 0.322 e. The van der Waals surface area contributed by atoms with Gasteiger partial charge in [0, 0.05) is 22.6 Å². The Labute approximate surface area is 201 Å². The van der Waals surface area contributed by atoms with Gasteiger partial charge in [0.1, 0.15) is 5.56 Å². The molecule has 0 radical (unpaired) electrons. The van der Waals surface area contributed by atoms with Crippen molar-refractivity contribution in [2.75, 3.05) is 10.0 Å². The first-order chi connectivity index (χ1) is 16.3. The molecule has 0 saturated carbocycles. The number of hydrogen-bond acceptors (Lipinski definition) is 4. The third-order valence-corrected chi connectivity index (χ3v) is 6.59. The lowest BCUT2D eigenvalue weighted by Gasteiger charge is -2.11. The van der Waals surface area contributed by atoms with Crippen LogP contribution in [0.4, 0.5) is 11.4 Å². The molecule has 34 heavy (non-hydrogen) atoms. The number of nitrogens with one attached hydrogen (secondary N) is 2. The molecular formula is C25H20ClN3O4S. The molecule has 0 fully saturated rings. The molecule has 0 spiro atoms. The predicted octanol–water partition coefficient (Wildman–Crippen LogP) is 4.60. The van der Waals surface area contributed by atoms with Crippen molar-refractivity contribution in [3.05, 3.63) is 124 Å². The van der Waals surface area contributed by atoms with Crippen LogP contribution in [0.1, 0.15) is 15.9 Å². The van der Waals surface area contributed by atoms with Gasteiger partial charge in [0.2, 0.25) is 0 Å². The highest BCUT2D eigenvalue weighted by Gasteiger charge is 2.17. The average Bonchev–Trinajstić information content (AvgIpc) is 2.82. The normalized spacial score (nSPS) is 11.1. The van der Waals surface area contributed by atoms with E-state index >= 15 is 0 Å². The lowest BCUT2D eigenvalue weighted by molar-refractivity contribution is 0.102. The first kappa shape index (κ1) is 23.3. The number of anilines is 2. The Hall–Kier alpha value is -3.88. The fraction of sp³-hybridized carbons (Fsp3) is 0.0400. The van der Waals surface area contributed by atoms with Gasteiger partial charge in [-0.1, -0.05) is 48.0 Å². The molecule has 0 unspecified atom stereocenters. The van der Waals surface area contributed by atoms with E-state index in [0.29, 0.717) is 17.3 Å². The molecule has 0 aliphatic heterocycles. The van der Waals surface area contributed by atoms with Crippen molar-refractivity contribution >= 4 is 38.9 Å². The van der Waals surface area contributed by atoms with Crippen molar-refractivity contribution in [2.24, 2.45) is 0 Å². The molecule has 0 aliphatic rings. The van der Waals surface area contributed by atoms with Gasteiger partial charge in [-0.2, -0.15) is 0 Å². The molecule has 1 heterocycles. The number of hydrogen-bond donors (Lipinski definition) is 2. The minimum Gasteiger partial charge on any atom is -0.322 e. The van der Waals surface area contributed by atoms with Crippen LogP contribution in [0.2, 0.25) is 5.02 Å². The van der Waals surface area contributed by atoms with Crippen LogP contribution in [0.15, 0.2) is 107 Å². The van der Waals surface area contributed by atoms with Gasteiger partial charge in [-0.25, -0.2) is 8.42 Å². The molecule has 172 valence electrons. The van der Waals surface area contributed by atoms with Gasteiger partial charge >= 0.3 is 0 Å². The molecular weight excluding hydrogens is 474 g/mol. The smallest absolute Gasteiger partial charge is 0.263 e. The van der Waals surface area contributed by atoms with Crippen molar-refractivity contribution < 1.29 is 13.2 Å². The highest BCUT2D eigenvalue weighted by Crippen LogP contribution is 2.21. The summed E-state index contributed by atoms with van der Waals surface area (Å²) in [5.41, 5.74) is 1.01. The molecule has 0 aliphatic carbocycles. The maximum Gasteiger partial charge on any atom is 0.263 e. The van der Waals surface area contributed by atoms with Crippen LogP contribution in [-0.4, -0.2) is 18.9 Å². The minimum atomic E-state index is -3.91. The molecule has 9 heteroatoms. The summed E-state index contributed by atoms with van der Waals surface area (Å²) in [6.07, 6.45) is 1.61. The van der Waals surface area contributed by atoms with Crippen LogP contribution in [0, 0.1) is 0 Å². The molecule has 0 atom stereocenters. The number of carbonyl (C=O) groups excluding carboxylic acids is 1. The van der Waals surface area contributed by atoms with Crippen molar-refractivity contribution in [1.29, 1.82) is 0 Å². The van der Waals surface area contributed by atoms with Crippen LogP contribution in [0.25, 0.3) is 0 Å². The summed E-state index contributed by atoms with van der Waals surface area (Å²) < 4.78 is 29.4. The topological polar surface area (TPSA) is 97.3 Å². The lowest BCUT2D eigenvalue weighted by atomic mass is 10.2. The van der Waals surface area contributed by atoms with E-state index in [9.17, 15) is 18.0 Å². The molecule has 4 aromatic rings. The quantitative estimate of drug-likeness (QED) is 0.393. The Morgan fingerprint density at radius 1 is 0.853 bits per heavy atom. The highest BCUT2D eigenvalue weighted by atomic mass is 35.5. The second-order valence-electron chi connectivity index (χ2n) is 7.43. The maximum atomic E-state index is 12.8. The number of pyridine rings is 1. The highest BCUT2D eigenvalue weighted by molar-refractivity contribution is 7.92. The molecule has 3 aromatic carbocycles. The van der Waals surface area contributed by atoms with E-state index in [2.05, 4.69) is 10.0 Å². The molecule has 1 amide bonds. The standard InChI is InChI=1S/C25H20ClN3O4S/c26-19-11-13-20(14-12-19)28-34(32,33)22-9-4-8-21(16-22)27-24(30)23-10-5-15-29(25(23)31)17-18-6-2-1-3-7-18/h1-16,28H,17H2,(H,27,30). The predicted molar refractivity (Wildman–Crippen MR) is 133 cm³/mol. The Balaban J connectivity index is 1.53. The monoisotopic (exact) mass is 493 g/mol. The SMILES string of the molecule is O=C(Nc1cccc(S(=O)(=O)Nc2ccc(Cl)cc2)c1)c1cccn(Cc2ccccc2)c1=O. The van der Waals surface area contributed by atoms with Gasteiger partial charge in [-0.3, -0.25) is 14.3 Å². The van der Waals surface area contributed by atoms with Gasteiger partial charge in [0.25, 0.3) is 21.5 Å². The third-order valence-electron chi connectivity index (χ3n) is 4.96. The molecule has 0 bridgehead atoms. The van der Waals surface area contributed by atoms with Gasteiger partial charge in [-0.15, -0.1) is 0 Å². The van der Waals surface area contributed by atoms with Crippen LogP contribution in [0.5, 0.6) is 0 Å². The van der Waals surface area contributed by atoms with E-state index in [1.165, 1.54) is 28.8 Å². The van der Waals surface area contributed by atoms with E-state index in [-0.39, 0.29) is 16.1 Å². The third kappa shape index (κ3) is 5.54. The number of sulfonamides is 1. The Morgan fingerprint density at radius 3 is 2.32 bits per heavy atom. The van der Waals surface area contributed by atoms with E-state index in [1.54, 1.807) is 42.6 Å². The summed E-state index contributed by atoms with van der Waals surface area (Å²) in [5.74, 6) is -0.632. The Bertz CT molecular complexity index is 1480. The van der Waals surface area contributed by atoms with Crippen LogP contribution < -0.4 is 15.6 Å². The molecule has 2 N–H and O–H groups in total. The maximum absolute atomic E-state index is 12.8. The zero-order chi connectivity index (χ0) is 24.1. The Kier molecular flexibility index (Phi) is 6.81. The van der Waals surface area contributed by atoms with Crippen molar-refractivity contribution in [1.82, 2.24) is 4.57 Å². The van der Waals surface area contributed by atoms with E-state index in [0.717, 1.165) is 5.56 Å². The van der Waals surface area contributed by atoms with E-state index < -0.39 is 21.5 Å². The van der Waals surface area contributed by atoms with E-state index in [4.69, 9.17) is 11.6 Å².